The van der Waals surface area contributed by atoms with Crippen molar-refractivity contribution in [1.82, 2.24) is 14.9 Å². The van der Waals surface area contributed by atoms with Gasteiger partial charge in [-0.2, -0.15) is 9.78 Å². The number of rotatable bonds is 2. The molecule has 0 spiro atoms. The molecule has 1 aliphatic rings. The van der Waals surface area contributed by atoms with Crippen molar-refractivity contribution in [2.24, 2.45) is 5.10 Å². The summed E-state index contributed by atoms with van der Waals surface area (Å²) in [5.41, 5.74) is 3.17. The van der Waals surface area contributed by atoms with Gasteiger partial charge < -0.3 is 0 Å². The maximum atomic E-state index is 4.83. The zero-order valence-electron chi connectivity index (χ0n) is 12.3. The second kappa shape index (κ2) is 5.94. The predicted octanol–water partition coefficient (Wildman–Crippen LogP) is 4.45. The third-order valence-electron chi connectivity index (χ3n) is 3.66. The van der Waals surface area contributed by atoms with Gasteiger partial charge in [-0.3, -0.25) is 0 Å². The van der Waals surface area contributed by atoms with Crippen molar-refractivity contribution in [2.75, 3.05) is 0 Å². The van der Waals surface area contributed by atoms with Crippen LogP contribution in [0.4, 0.5) is 0 Å². The molecule has 0 amide bonds. The molecule has 4 rings (SSSR count). The van der Waals surface area contributed by atoms with Crippen LogP contribution < -0.4 is 0 Å². The Morgan fingerprint density at radius 2 is 1.70 bits per heavy atom. The van der Waals surface area contributed by atoms with Crippen LogP contribution in [0.15, 0.2) is 69.3 Å². The lowest BCUT2D eigenvalue weighted by Crippen LogP contribution is -2.21. The number of hydrogen-bond acceptors (Lipinski definition) is 4. The van der Waals surface area contributed by atoms with Crippen LogP contribution in [0, 0.1) is 0 Å². The van der Waals surface area contributed by atoms with Crippen molar-refractivity contribution in [3.63, 3.8) is 0 Å². The summed E-state index contributed by atoms with van der Waals surface area (Å²) in [6, 6.07) is 18.3. The van der Waals surface area contributed by atoms with E-state index in [1.165, 1.54) is 0 Å². The van der Waals surface area contributed by atoms with Crippen LogP contribution in [0.25, 0.3) is 11.4 Å². The fraction of sp³-hybridized carbons (Fsp3) is 0.118. The largest absolute Gasteiger partial charge is 0.213 e. The molecule has 0 N–H and O–H groups in total. The fourth-order valence-corrected chi connectivity index (χ4v) is 3.70. The molecule has 1 aliphatic heterocycles. The number of nitrogens with zero attached hydrogens (tertiary/aromatic N) is 4. The minimum atomic E-state index is 0.233. The van der Waals surface area contributed by atoms with E-state index in [-0.39, 0.29) is 5.25 Å². The minimum absolute atomic E-state index is 0.233. The van der Waals surface area contributed by atoms with E-state index < -0.39 is 0 Å². The zero-order valence-corrected chi connectivity index (χ0v) is 14.8. The van der Waals surface area contributed by atoms with Gasteiger partial charge in [-0.25, -0.2) is 0 Å². The summed E-state index contributed by atoms with van der Waals surface area (Å²) >= 11 is 5.16. The molecule has 6 heteroatoms. The van der Waals surface area contributed by atoms with E-state index in [0.717, 1.165) is 32.3 Å². The summed E-state index contributed by atoms with van der Waals surface area (Å²) in [4.78, 5) is 0. The molecular weight excluding hydrogens is 372 g/mol. The molecule has 114 valence electrons. The number of hydrogen-bond donors (Lipinski definition) is 0. The Kier molecular flexibility index (Phi) is 3.79. The maximum absolute atomic E-state index is 4.83. The molecular formula is C17H13BrN4S. The van der Waals surface area contributed by atoms with Crippen molar-refractivity contribution >= 4 is 33.4 Å². The molecule has 2 heterocycles. The number of benzene rings is 2. The van der Waals surface area contributed by atoms with Gasteiger partial charge in [0.15, 0.2) is 5.82 Å². The fourth-order valence-electron chi connectivity index (χ4n) is 2.51. The Balaban J connectivity index is 1.83. The summed E-state index contributed by atoms with van der Waals surface area (Å²) in [6.07, 6.45) is 0. The van der Waals surface area contributed by atoms with Gasteiger partial charge in [-0.15, -0.1) is 10.2 Å². The summed E-state index contributed by atoms with van der Waals surface area (Å²) < 4.78 is 2.91. The standard InChI is InChI=1S/C17H13BrN4S/c1-11-15(12-7-9-14(18)10-8-12)21-22-16(19-20-17(22)23-11)13-5-3-2-4-6-13/h2-11H,1H3/t11-/m0/s1. The number of fused-ring (bicyclic) bond motifs is 1. The van der Waals surface area contributed by atoms with Crippen molar-refractivity contribution in [2.45, 2.75) is 17.3 Å². The predicted molar refractivity (Wildman–Crippen MR) is 96.9 cm³/mol. The topological polar surface area (TPSA) is 43.1 Å². The molecule has 1 atom stereocenters. The van der Waals surface area contributed by atoms with Crippen molar-refractivity contribution in [3.05, 3.63) is 64.6 Å². The molecule has 0 aliphatic carbocycles. The van der Waals surface area contributed by atoms with E-state index >= 15 is 0 Å². The van der Waals surface area contributed by atoms with E-state index in [9.17, 15) is 0 Å². The Bertz CT molecular complexity index is 871. The lowest BCUT2D eigenvalue weighted by molar-refractivity contribution is 0.754. The zero-order chi connectivity index (χ0) is 15.8. The maximum Gasteiger partial charge on any atom is 0.213 e. The third kappa shape index (κ3) is 2.72. The van der Waals surface area contributed by atoms with Gasteiger partial charge in [-0.05, 0) is 24.6 Å². The molecule has 0 saturated carbocycles. The van der Waals surface area contributed by atoms with Crippen molar-refractivity contribution < 1.29 is 0 Å². The van der Waals surface area contributed by atoms with Crippen molar-refractivity contribution in [1.29, 1.82) is 0 Å². The minimum Gasteiger partial charge on any atom is -0.187 e. The first-order valence-corrected chi connectivity index (χ1v) is 8.92. The molecule has 2 aromatic carbocycles. The Morgan fingerprint density at radius 3 is 2.43 bits per heavy atom. The van der Waals surface area contributed by atoms with E-state index in [1.54, 1.807) is 11.8 Å². The quantitative estimate of drug-likeness (QED) is 0.655. The SMILES string of the molecule is C[C@@H]1Sc2nnc(-c3ccccc3)n2N=C1c1ccc(Br)cc1. The third-order valence-corrected chi connectivity index (χ3v) is 5.23. The van der Waals surface area contributed by atoms with E-state index in [1.807, 2.05) is 47.1 Å². The first-order chi connectivity index (χ1) is 11.2. The van der Waals surface area contributed by atoms with Gasteiger partial charge >= 0.3 is 0 Å². The van der Waals surface area contributed by atoms with Crippen LogP contribution in [-0.2, 0) is 0 Å². The lowest BCUT2D eigenvalue weighted by Gasteiger charge is -2.20. The normalized spacial score (nSPS) is 16.8. The first kappa shape index (κ1) is 14.7. The molecule has 3 aromatic rings. The number of halogens is 1. The second-order valence-corrected chi connectivity index (χ2v) is 7.46. The average Bonchev–Trinajstić information content (AvgIpc) is 2.98. The Morgan fingerprint density at radius 1 is 0.957 bits per heavy atom. The Hall–Kier alpha value is -1.92. The molecule has 0 unspecified atom stereocenters. The van der Waals surface area contributed by atoms with Crippen LogP contribution in [-0.4, -0.2) is 25.8 Å². The molecule has 0 fully saturated rings. The highest BCUT2D eigenvalue weighted by Gasteiger charge is 2.26. The summed E-state index contributed by atoms with van der Waals surface area (Å²) in [6.45, 7) is 2.14. The van der Waals surface area contributed by atoms with Gasteiger partial charge in [0.25, 0.3) is 0 Å². The number of aromatic nitrogens is 3. The lowest BCUT2D eigenvalue weighted by atomic mass is 10.1. The summed E-state index contributed by atoms with van der Waals surface area (Å²) in [7, 11) is 0. The second-order valence-electron chi connectivity index (χ2n) is 5.24. The van der Waals surface area contributed by atoms with E-state index in [0.29, 0.717) is 0 Å². The van der Waals surface area contributed by atoms with Crippen LogP contribution in [0.5, 0.6) is 0 Å². The first-order valence-electron chi connectivity index (χ1n) is 7.24. The van der Waals surface area contributed by atoms with E-state index in [2.05, 4.69) is 45.2 Å². The summed E-state index contributed by atoms with van der Waals surface area (Å²) in [5, 5.41) is 14.5. The van der Waals surface area contributed by atoms with Gasteiger partial charge in [0.05, 0.1) is 11.0 Å². The van der Waals surface area contributed by atoms with Gasteiger partial charge in [0.1, 0.15) is 0 Å². The highest BCUT2D eigenvalue weighted by atomic mass is 79.9. The average molecular weight is 385 g/mol. The number of thioether (sulfide) groups is 1. The van der Waals surface area contributed by atoms with Gasteiger partial charge in [0.2, 0.25) is 5.16 Å². The molecule has 0 bridgehead atoms. The highest BCUT2D eigenvalue weighted by molar-refractivity contribution is 9.10. The smallest absolute Gasteiger partial charge is 0.187 e. The van der Waals surface area contributed by atoms with Crippen LogP contribution in [0.1, 0.15) is 12.5 Å². The van der Waals surface area contributed by atoms with Crippen LogP contribution in [0.3, 0.4) is 0 Å². The molecule has 0 saturated heterocycles. The highest BCUT2D eigenvalue weighted by Crippen LogP contribution is 2.32. The van der Waals surface area contributed by atoms with Crippen LogP contribution >= 0.6 is 27.7 Å². The molecule has 1 aromatic heterocycles. The van der Waals surface area contributed by atoms with Gasteiger partial charge in [0, 0.05) is 10.0 Å². The van der Waals surface area contributed by atoms with Crippen LogP contribution in [0.2, 0.25) is 0 Å². The van der Waals surface area contributed by atoms with E-state index in [4.69, 9.17) is 5.10 Å². The summed E-state index contributed by atoms with van der Waals surface area (Å²) in [5.74, 6) is 0.773. The monoisotopic (exact) mass is 384 g/mol. The molecule has 23 heavy (non-hydrogen) atoms. The molecule has 0 radical (unpaired) electrons. The van der Waals surface area contributed by atoms with Gasteiger partial charge in [-0.1, -0.05) is 70.2 Å². The molecule has 4 nitrogen and oxygen atoms in total. The van der Waals surface area contributed by atoms with Crippen molar-refractivity contribution in [3.8, 4) is 11.4 Å². The Labute approximate surface area is 146 Å².